The molecular weight excluding hydrogens is 283 g/mol. The van der Waals surface area contributed by atoms with E-state index in [-0.39, 0.29) is 11.7 Å². The molecule has 22 heavy (non-hydrogen) atoms. The first kappa shape index (κ1) is 16.9. The minimum atomic E-state index is -0.264. The van der Waals surface area contributed by atoms with Gasteiger partial charge in [0.15, 0.2) is 0 Å². The number of hydrogen-bond acceptors (Lipinski definition) is 3. The quantitative estimate of drug-likeness (QED) is 0.836. The zero-order valence-corrected chi connectivity index (χ0v) is 13.4. The van der Waals surface area contributed by atoms with E-state index in [9.17, 15) is 9.18 Å². The Morgan fingerprint density at radius 3 is 2.86 bits per heavy atom. The molecule has 1 aromatic carbocycles. The molecule has 2 rings (SSSR count). The molecule has 122 valence electrons. The zero-order chi connectivity index (χ0) is 15.9. The molecule has 1 atom stereocenters. The number of halogens is 1. The zero-order valence-electron chi connectivity index (χ0n) is 13.4. The van der Waals surface area contributed by atoms with E-state index in [0.717, 1.165) is 32.4 Å². The highest BCUT2D eigenvalue weighted by Crippen LogP contribution is 2.14. The number of carbonyl (C=O) groups excluding carboxylic acids is 1. The van der Waals surface area contributed by atoms with Crippen LogP contribution in [0.4, 0.5) is 4.39 Å². The normalized spacial score (nSPS) is 19.7. The highest BCUT2D eigenvalue weighted by molar-refractivity contribution is 5.78. The Balaban J connectivity index is 1.85. The van der Waals surface area contributed by atoms with Crippen molar-refractivity contribution in [3.63, 3.8) is 0 Å². The summed E-state index contributed by atoms with van der Waals surface area (Å²) in [4.78, 5) is 16.1. The molecular formula is C17H25FN2O2. The summed E-state index contributed by atoms with van der Waals surface area (Å²) < 4.78 is 19.0. The van der Waals surface area contributed by atoms with Crippen LogP contribution in [-0.4, -0.2) is 55.6 Å². The van der Waals surface area contributed by atoms with Crippen LogP contribution in [0.3, 0.4) is 0 Å². The molecule has 0 N–H and O–H groups in total. The second kappa shape index (κ2) is 8.25. The van der Waals surface area contributed by atoms with Crippen molar-refractivity contribution in [2.45, 2.75) is 31.9 Å². The lowest BCUT2D eigenvalue weighted by molar-refractivity contribution is -0.131. The van der Waals surface area contributed by atoms with E-state index in [1.54, 1.807) is 37.3 Å². The summed E-state index contributed by atoms with van der Waals surface area (Å²) in [5.41, 5.74) is 0.550. The maximum absolute atomic E-state index is 13.6. The molecule has 0 saturated carbocycles. The van der Waals surface area contributed by atoms with Crippen molar-refractivity contribution in [1.82, 2.24) is 9.80 Å². The van der Waals surface area contributed by atoms with E-state index in [1.165, 1.54) is 6.07 Å². The van der Waals surface area contributed by atoms with Crippen LogP contribution in [-0.2, 0) is 16.1 Å². The van der Waals surface area contributed by atoms with E-state index in [4.69, 9.17) is 4.74 Å². The molecule has 0 aliphatic carbocycles. The lowest BCUT2D eigenvalue weighted by Gasteiger charge is -2.24. The number of likely N-dealkylation sites (tertiary alicyclic amines) is 1. The second-order valence-electron chi connectivity index (χ2n) is 5.91. The molecule has 1 aliphatic heterocycles. The third-order valence-corrected chi connectivity index (χ3v) is 4.25. The topological polar surface area (TPSA) is 32.8 Å². The molecule has 1 saturated heterocycles. The average molecular weight is 308 g/mol. The van der Waals surface area contributed by atoms with E-state index in [1.807, 2.05) is 0 Å². The van der Waals surface area contributed by atoms with Gasteiger partial charge in [0.1, 0.15) is 5.82 Å². The van der Waals surface area contributed by atoms with E-state index < -0.39 is 0 Å². The lowest BCUT2D eigenvalue weighted by atomic mass is 10.2. The summed E-state index contributed by atoms with van der Waals surface area (Å²) in [5, 5.41) is 0. The number of methoxy groups -OCH3 is 1. The van der Waals surface area contributed by atoms with E-state index in [2.05, 4.69) is 4.90 Å². The predicted molar refractivity (Wildman–Crippen MR) is 84.0 cm³/mol. The van der Waals surface area contributed by atoms with Gasteiger partial charge in [0.2, 0.25) is 5.91 Å². The summed E-state index contributed by atoms with van der Waals surface area (Å²) in [6, 6.07) is 6.59. The highest BCUT2D eigenvalue weighted by Gasteiger charge is 2.20. The number of rotatable bonds is 5. The fraction of sp³-hybridized carbons (Fsp3) is 0.588. The minimum absolute atomic E-state index is 0.0270. The van der Waals surface area contributed by atoms with Crippen LogP contribution in [0, 0.1) is 5.82 Å². The van der Waals surface area contributed by atoms with Gasteiger partial charge < -0.3 is 9.64 Å². The fourth-order valence-corrected chi connectivity index (χ4v) is 2.80. The standard InChI is InChI=1S/C17H25FN2O2/c1-19(12-14-6-3-4-8-16(14)18)17(21)13-20-10-5-7-15(22-2)9-11-20/h3-4,6,8,15H,5,7,9-13H2,1-2H3. The van der Waals surface area contributed by atoms with Gasteiger partial charge in [-0.1, -0.05) is 18.2 Å². The summed E-state index contributed by atoms with van der Waals surface area (Å²) >= 11 is 0. The number of hydrogen-bond donors (Lipinski definition) is 0. The Morgan fingerprint density at radius 1 is 1.36 bits per heavy atom. The van der Waals surface area contributed by atoms with Gasteiger partial charge in [-0.3, -0.25) is 9.69 Å². The van der Waals surface area contributed by atoms with Crippen LogP contribution >= 0.6 is 0 Å². The Morgan fingerprint density at radius 2 is 2.14 bits per heavy atom. The Kier molecular flexibility index (Phi) is 6.34. The van der Waals surface area contributed by atoms with Crippen molar-refractivity contribution in [3.8, 4) is 0 Å². The van der Waals surface area contributed by atoms with Crippen molar-refractivity contribution >= 4 is 5.91 Å². The average Bonchev–Trinajstić information content (AvgIpc) is 2.74. The van der Waals surface area contributed by atoms with Crippen molar-refractivity contribution < 1.29 is 13.9 Å². The first-order chi connectivity index (χ1) is 10.6. The predicted octanol–water partition coefficient (Wildman–Crippen LogP) is 2.28. The largest absolute Gasteiger partial charge is 0.381 e. The Hall–Kier alpha value is -1.46. The van der Waals surface area contributed by atoms with Crippen LogP contribution < -0.4 is 0 Å². The van der Waals surface area contributed by atoms with Gasteiger partial charge in [0, 0.05) is 32.8 Å². The number of benzene rings is 1. The molecule has 4 nitrogen and oxygen atoms in total. The van der Waals surface area contributed by atoms with Gasteiger partial charge >= 0.3 is 0 Å². The summed E-state index contributed by atoms with van der Waals surface area (Å²) in [6.07, 6.45) is 3.35. The third kappa shape index (κ3) is 4.78. The van der Waals surface area contributed by atoms with E-state index >= 15 is 0 Å². The number of ether oxygens (including phenoxy) is 1. The lowest BCUT2D eigenvalue weighted by Crippen LogP contribution is -2.38. The van der Waals surface area contributed by atoms with Crippen molar-refractivity contribution in [2.24, 2.45) is 0 Å². The first-order valence-electron chi connectivity index (χ1n) is 7.82. The molecule has 0 aromatic heterocycles. The molecule has 1 aromatic rings. The Labute approximate surface area is 131 Å². The molecule has 0 bridgehead atoms. The minimum Gasteiger partial charge on any atom is -0.381 e. The summed E-state index contributed by atoms with van der Waals surface area (Å²) in [5.74, 6) is -0.237. The maximum atomic E-state index is 13.6. The molecule has 1 aliphatic rings. The van der Waals surface area contributed by atoms with Crippen LogP contribution in [0.15, 0.2) is 24.3 Å². The molecule has 0 spiro atoms. The van der Waals surface area contributed by atoms with Crippen molar-refractivity contribution in [1.29, 1.82) is 0 Å². The number of amides is 1. The molecule has 1 fully saturated rings. The molecule has 0 radical (unpaired) electrons. The summed E-state index contributed by atoms with van der Waals surface area (Å²) in [7, 11) is 3.47. The molecule has 1 heterocycles. The monoisotopic (exact) mass is 308 g/mol. The smallest absolute Gasteiger partial charge is 0.236 e. The number of likely N-dealkylation sites (N-methyl/N-ethyl adjacent to an activating group) is 1. The third-order valence-electron chi connectivity index (χ3n) is 4.25. The van der Waals surface area contributed by atoms with Gasteiger partial charge in [-0.25, -0.2) is 4.39 Å². The van der Waals surface area contributed by atoms with Gasteiger partial charge in [0.05, 0.1) is 12.6 Å². The highest BCUT2D eigenvalue weighted by atomic mass is 19.1. The molecule has 1 unspecified atom stereocenters. The number of carbonyl (C=O) groups is 1. The Bertz CT molecular complexity index is 495. The van der Waals surface area contributed by atoms with Gasteiger partial charge in [-0.15, -0.1) is 0 Å². The maximum Gasteiger partial charge on any atom is 0.236 e. The van der Waals surface area contributed by atoms with Crippen LogP contribution in [0.25, 0.3) is 0 Å². The SMILES string of the molecule is COC1CCCN(CC(=O)N(C)Cc2ccccc2F)CC1. The van der Waals surface area contributed by atoms with Crippen LogP contribution in [0.2, 0.25) is 0 Å². The van der Waals surface area contributed by atoms with Crippen molar-refractivity contribution in [3.05, 3.63) is 35.6 Å². The van der Waals surface area contributed by atoms with Crippen LogP contribution in [0.5, 0.6) is 0 Å². The van der Waals surface area contributed by atoms with Crippen molar-refractivity contribution in [2.75, 3.05) is 33.8 Å². The molecule has 5 heteroatoms. The van der Waals surface area contributed by atoms with Gasteiger partial charge in [-0.2, -0.15) is 0 Å². The molecule has 1 amide bonds. The number of nitrogens with zero attached hydrogens (tertiary/aromatic N) is 2. The summed E-state index contributed by atoms with van der Waals surface area (Å²) in [6.45, 7) is 2.48. The van der Waals surface area contributed by atoms with E-state index in [0.29, 0.717) is 24.8 Å². The second-order valence-corrected chi connectivity index (χ2v) is 5.91. The van der Waals surface area contributed by atoms with Gasteiger partial charge in [-0.05, 0) is 31.9 Å². The van der Waals surface area contributed by atoms with Gasteiger partial charge in [0.25, 0.3) is 0 Å². The first-order valence-corrected chi connectivity index (χ1v) is 7.82. The fourth-order valence-electron chi connectivity index (χ4n) is 2.80. The van der Waals surface area contributed by atoms with Crippen LogP contribution in [0.1, 0.15) is 24.8 Å².